The summed E-state index contributed by atoms with van der Waals surface area (Å²) in [6.45, 7) is 0.433. The molecule has 3 aromatic rings. The maximum Gasteiger partial charge on any atom is 0.308 e. The second kappa shape index (κ2) is 18.3. The number of aldehydes is 1. The average Bonchev–Trinajstić information content (AvgIpc) is 3.67. The number of allylic oxidation sites excluding steroid dienone is 2. The molecular weight excluding hydrogens is 695 g/mol. The summed E-state index contributed by atoms with van der Waals surface area (Å²) in [6.07, 6.45) is 24.3. The Kier molecular flexibility index (Phi) is 13.1. The van der Waals surface area contributed by atoms with Gasteiger partial charge in [0, 0.05) is 17.3 Å². The molecule has 0 unspecified atom stereocenters. The van der Waals surface area contributed by atoms with E-state index in [-0.39, 0.29) is 36.0 Å². The molecule has 4 aliphatic rings. The van der Waals surface area contributed by atoms with Crippen LogP contribution in [0.1, 0.15) is 99.7 Å². The number of phenolic OH excluding ortho intramolecular Hbond substituents is 1. The van der Waals surface area contributed by atoms with Gasteiger partial charge in [-0.25, -0.2) is 0 Å². The predicted octanol–water partition coefficient (Wildman–Crippen LogP) is 7.98. The first-order valence-electron chi connectivity index (χ1n) is 21.3. The molecule has 296 valence electrons. The fourth-order valence-electron chi connectivity index (χ4n) is 11.2. The summed E-state index contributed by atoms with van der Waals surface area (Å²) < 4.78 is 0. The predicted molar refractivity (Wildman–Crippen MR) is 224 cm³/mol. The highest BCUT2D eigenvalue weighted by Crippen LogP contribution is 2.53. The molecule has 1 fully saturated rings. The second-order valence-corrected chi connectivity index (χ2v) is 17.4. The summed E-state index contributed by atoms with van der Waals surface area (Å²) in [5.74, 6) is -0.503. The van der Waals surface area contributed by atoms with Crippen molar-refractivity contribution in [3.05, 3.63) is 124 Å². The van der Waals surface area contributed by atoms with Crippen LogP contribution in [-0.2, 0) is 21.4 Å². The average molecular weight is 756 g/mol. The van der Waals surface area contributed by atoms with E-state index in [2.05, 4.69) is 85.0 Å². The number of hydrogen-bond acceptors (Lipinski definition) is 5. The number of carboxylic acids is 1. The van der Waals surface area contributed by atoms with Crippen molar-refractivity contribution in [3.8, 4) is 5.75 Å². The molecular formula is C50H61NO5. The normalized spacial score (nSPS) is 29.6. The maximum atomic E-state index is 13.6. The quantitative estimate of drug-likeness (QED) is 0.0798. The lowest BCUT2D eigenvalue weighted by molar-refractivity contribution is -0.148. The maximum absolute atomic E-state index is 13.6. The van der Waals surface area contributed by atoms with E-state index in [1.807, 2.05) is 6.08 Å². The molecule has 0 amide bonds. The van der Waals surface area contributed by atoms with E-state index < -0.39 is 23.2 Å². The first kappa shape index (κ1) is 40.0. The van der Waals surface area contributed by atoms with Crippen LogP contribution < -0.4 is 16.2 Å². The van der Waals surface area contributed by atoms with Crippen molar-refractivity contribution in [2.45, 2.75) is 94.8 Å². The van der Waals surface area contributed by atoms with Crippen LogP contribution in [0.5, 0.6) is 5.75 Å². The standard InChI is InChI=1S/C50H61NO5/c51-25-23-34-16-17-40(26-34)42(32-52)12-3-1-2-9-36-13-7-14-43(33-53)48(49(55)56)50(24-22-41-29-38-10-4-5-11-39(38)30-44(41)31-50)45-15-6-8-35(27-45)28-47(36)37-18-20-46(54)21-19-37/h4-8,10-11,14-15,18-21,26-27,29-30,32,36,40-44,47-48,53-54H,1-3,9,12-13,16-17,22-25,28,31,33,51H2,(H,55,56)/b14-7-/t36-,40+,41-,42-,43-,44-,47+,48-,50-/m1/s1. The molecule has 6 nitrogen and oxygen atoms in total. The number of unbranched alkanes of at least 4 members (excludes halogenated alkanes) is 2. The van der Waals surface area contributed by atoms with Gasteiger partial charge in [-0.3, -0.25) is 4.79 Å². The number of fused-ring (bicyclic) bond motifs is 5. The van der Waals surface area contributed by atoms with Gasteiger partial charge in [-0.2, -0.15) is 0 Å². The van der Waals surface area contributed by atoms with Crippen LogP contribution in [-0.4, -0.2) is 40.7 Å². The Morgan fingerprint density at radius 2 is 1.71 bits per heavy atom. The molecule has 0 heterocycles. The summed E-state index contributed by atoms with van der Waals surface area (Å²) in [7, 11) is 0. The molecule has 4 aliphatic carbocycles. The number of benzene rings is 3. The minimum atomic E-state index is -0.842. The molecule has 3 aromatic carbocycles. The Morgan fingerprint density at radius 3 is 2.45 bits per heavy atom. The molecule has 0 saturated heterocycles. The summed E-state index contributed by atoms with van der Waals surface area (Å²) in [6, 6.07) is 24.9. The lowest BCUT2D eigenvalue weighted by Crippen LogP contribution is -2.50. The third-order valence-corrected chi connectivity index (χ3v) is 14.1. The van der Waals surface area contributed by atoms with Gasteiger partial charge in [0.15, 0.2) is 0 Å². The van der Waals surface area contributed by atoms with Crippen LogP contribution in [0, 0.1) is 41.4 Å². The molecule has 1 saturated carbocycles. The number of carboxylic acid groups (broad SMARTS) is 1. The number of hydrogen-bond donors (Lipinski definition) is 4. The molecule has 56 heavy (non-hydrogen) atoms. The molecule has 6 heteroatoms. The largest absolute Gasteiger partial charge is 0.508 e. The van der Waals surface area contributed by atoms with E-state index in [9.17, 15) is 24.9 Å². The minimum Gasteiger partial charge on any atom is -0.508 e. The van der Waals surface area contributed by atoms with Crippen LogP contribution in [0.4, 0.5) is 0 Å². The molecule has 7 rings (SSSR count). The number of nitrogens with two attached hydrogens (primary N) is 1. The van der Waals surface area contributed by atoms with E-state index >= 15 is 0 Å². The van der Waals surface area contributed by atoms with Gasteiger partial charge < -0.3 is 25.8 Å². The SMILES string of the molecule is NCCC1=C[C@@H]([C@@H](C=O)CCCCC[C@@H]2C/C=C\[C@H](CO)[C@H](C(=O)O)[C@@]3(CC[C@@H]4C=c5ccccc5=C[C@@H]4C3)c3cccc(c3)C[C@@H]2c2ccc(O)cc2)CC1. The number of phenols is 1. The third-order valence-electron chi connectivity index (χ3n) is 14.1. The Balaban J connectivity index is 1.17. The Hall–Kier alpha value is -4.26. The zero-order valence-corrected chi connectivity index (χ0v) is 32.9. The number of aliphatic carboxylic acids is 1. The van der Waals surface area contributed by atoms with Crippen LogP contribution in [0.2, 0.25) is 0 Å². The van der Waals surface area contributed by atoms with Gasteiger partial charge in [0.2, 0.25) is 0 Å². The first-order valence-corrected chi connectivity index (χ1v) is 21.3. The summed E-state index contributed by atoms with van der Waals surface area (Å²) in [5, 5.41) is 34.8. The van der Waals surface area contributed by atoms with E-state index in [1.54, 1.807) is 12.1 Å². The van der Waals surface area contributed by atoms with Gasteiger partial charge in [-0.15, -0.1) is 0 Å². The van der Waals surface area contributed by atoms with Crippen LogP contribution in [0.25, 0.3) is 12.2 Å². The number of rotatable bonds is 13. The fourth-order valence-corrected chi connectivity index (χ4v) is 11.2. The van der Waals surface area contributed by atoms with Gasteiger partial charge in [0.05, 0.1) is 12.5 Å². The molecule has 0 radical (unpaired) electrons. The molecule has 2 bridgehead atoms. The molecule has 0 aromatic heterocycles. The summed E-state index contributed by atoms with van der Waals surface area (Å²) >= 11 is 0. The van der Waals surface area contributed by atoms with Crippen molar-refractivity contribution in [3.63, 3.8) is 0 Å². The van der Waals surface area contributed by atoms with E-state index in [1.165, 1.54) is 33.4 Å². The first-order chi connectivity index (χ1) is 27.3. The Bertz CT molecular complexity index is 2000. The number of carbonyl (C=O) groups excluding carboxylic acids is 1. The van der Waals surface area contributed by atoms with Crippen molar-refractivity contribution in [2.24, 2.45) is 47.2 Å². The van der Waals surface area contributed by atoms with Gasteiger partial charge in [0.1, 0.15) is 12.0 Å². The van der Waals surface area contributed by atoms with Gasteiger partial charge in [-0.1, -0.05) is 116 Å². The highest BCUT2D eigenvalue weighted by atomic mass is 16.4. The van der Waals surface area contributed by atoms with Crippen molar-refractivity contribution >= 4 is 24.4 Å². The van der Waals surface area contributed by atoms with Crippen LogP contribution >= 0.6 is 0 Å². The highest BCUT2D eigenvalue weighted by molar-refractivity contribution is 5.74. The van der Waals surface area contributed by atoms with Crippen molar-refractivity contribution < 1.29 is 24.9 Å². The Morgan fingerprint density at radius 1 is 0.929 bits per heavy atom. The number of aliphatic hydroxyl groups is 1. The zero-order valence-electron chi connectivity index (χ0n) is 32.9. The summed E-state index contributed by atoms with van der Waals surface area (Å²) in [5.41, 5.74) is 9.99. The molecule has 1 spiro atoms. The van der Waals surface area contributed by atoms with Gasteiger partial charge in [-0.05, 0) is 140 Å². The third kappa shape index (κ3) is 8.82. The molecule has 0 aliphatic heterocycles. The lowest BCUT2D eigenvalue weighted by Gasteiger charge is -2.49. The van der Waals surface area contributed by atoms with Crippen LogP contribution in [0.3, 0.4) is 0 Å². The lowest BCUT2D eigenvalue weighted by atomic mass is 9.54. The van der Waals surface area contributed by atoms with Crippen molar-refractivity contribution in [1.82, 2.24) is 0 Å². The minimum absolute atomic E-state index is 0.0625. The molecule has 5 N–H and O–H groups in total. The number of aliphatic hydroxyl groups excluding tert-OH is 1. The number of aromatic hydroxyl groups is 1. The highest BCUT2D eigenvalue weighted by Gasteiger charge is 2.51. The Labute approximate surface area is 332 Å². The second-order valence-electron chi connectivity index (χ2n) is 17.4. The van der Waals surface area contributed by atoms with E-state index in [4.69, 9.17) is 5.73 Å². The smallest absolute Gasteiger partial charge is 0.308 e. The van der Waals surface area contributed by atoms with Gasteiger partial charge in [0.25, 0.3) is 0 Å². The van der Waals surface area contributed by atoms with E-state index in [0.717, 1.165) is 82.6 Å². The monoisotopic (exact) mass is 755 g/mol. The van der Waals surface area contributed by atoms with Gasteiger partial charge >= 0.3 is 5.97 Å². The topological polar surface area (TPSA) is 121 Å². The fraction of sp³-hybridized carbons (Fsp3) is 0.480. The number of carbonyl (C=O) groups is 2. The summed E-state index contributed by atoms with van der Waals surface area (Å²) in [4.78, 5) is 25.7. The molecule has 9 atom stereocenters. The van der Waals surface area contributed by atoms with Crippen molar-refractivity contribution in [2.75, 3.05) is 13.2 Å². The zero-order chi connectivity index (χ0) is 39.1. The van der Waals surface area contributed by atoms with Crippen molar-refractivity contribution in [1.29, 1.82) is 0 Å². The van der Waals surface area contributed by atoms with E-state index in [0.29, 0.717) is 24.8 Å². The van der Waals surface area contributed by atoms with Crippen LogP contribution in [0.15, 0.2) is 96.6 Å².